The average molecular weight is 208 g/mol. The molecule has 0 saturated carbocycles. The SMILES string of the molecule is C/C=C/[C@H](C)/C=C(/C)C/C=C/CCCO. The number of rotatable bonds is 7. The second kappa shape index (κ2) is 9.72. The lowest BCUT2D eigenvalue weighted by atomic mass is 10.1. The molecule has 0 fully saturated rings. The molecule has 0 aromatic heterocycles. The predicted molar refractivity (Wildman–Crippen MR) is 67.8 cm³/mol. The molecule has 0 amide bonds. The molecule has 1 nitrogen and oxygen atoms in total. The molecule has 0 radical (unpaired) electrons. The molecule has 86 valence electrons. The first kappa shape index (κ1) is 14.2. The zero-order valence-corrected chi connectivity index (χ0v) is 10.2. The summed E-state index contributed by atoms with van der Waals surface area (Å²) in [5.74, 6) is 0.529. The summed E-state index contributed by atoms with van der Waals surface area (Å²) in [4.78, 5) is 0. The molecule has 0 heterocycles. The maximum Gasteiger partial charge on any atom is 0.0433 e. The Balaban J connectivity index is 3.81. The fourth-order valence-corrected chi connectivity index (χ4v) is 1.47. The van der Waals surface area contributed by atoms with Crippen LogP contribution in [0.25, 0.3) is 0 Å². The molecule has 0 saturated heterocycles. The molecule has 0 bridgehead atoms. The van der Waals surface area contributed by atoms with Crippen molar-refractivity contribution in [2.75, 3.05) is 6.61 Å². The largest absolute Gasteiger partial charge is 0.396 e. The second-order valence-corrected chi connectivity index (χ2v) is 3.94. The van der Waals surface area contributed by atoms with Crippen molar-refractivity contribution in [3.8, 4) is 0 Å². The van der Waals surface area contributed by atoms with Gasteiger partial charge >= 0.3 is 0 Å². The molecule has 0 spiro atoms. The van der Waals surface area contributed by atoms with Crippen LogP contribution in [0.4, 0.5) is 0 Å². The molecule has 1 N–H and O–H groups in total. The van der Waals surface area contributed by atoms with Gasteiger partial charge in [-0.15, -0.1) is 0 Å². The third kappa shape index (κ3) is 9.48. The highest BCUT2D eigenvalue weighted by Gasteiger charge is 1.91. The van der Waals surface area contributed by atoms with Crippen LogP contribution in [0.1, 0.15) is 40.0 Å². The fourth-order valence-electron chi connectivity index (χ4n) is 1.47. The van der Waals surface area contributed by atoms with Crippen LogP contribution in [-0.4, -0.2) is 11.7 Å². The fraction of sp³-hybridized carbons (Fsp3) is 0.571. The van der Waals surface area contributed by atoms with Crippen molar-refractivity contribution in [3.05, 3.63) is 36.0 Å². The van der Waals surface area contributed by atoms with Gasteiger partial charge in [0.15, 0.2) is 0 Å². The van der Waals surface area contributed by atoms with Crippen LogP contribution >= 0.6 is 0 Å². The summed E-state index contributed by atoms with van der Waals surface area (Å²) in [7, 11) is 0. The minimum absolute atomic E-state index is 0.289. The Morgan fingerprint density at radius 3 is 2.67 bits per heavy atom. The van der Waals surface area contributed by atoms with Crippen LogP contribution in [0.5, 0.6) is 0 Å². The normalized spacial score (nSPS) is 15.3. The van der Waals surface area contributed by atoms with Crippen molar-refractivity contribution in [1.29, 1.82) is 0 Å². The van der Waals surface area contributed by atoms with Crippen LogP contribution in [-0.2, 0) is 0 Å². The number of aliphatic hydroxyl groups is 1. The van der Waals surface area contributed by atoms with Crippen LogP contribution in [0.3, 0.4) is 0 Å². The van der Waals surface area contributed by atoms with E-state index in [4.69, 9.17) is 5.11 Å². The third-order valence-corrected chi connectivity index (χ3v) is 2.18. The first-order chi connectivity index (χ1) is 7.20. The zero-order valence-electron chi connectivity index (χ0n) is 10.2. The molecule has 0 aromatic rings. The highest BCUT2D eigenvalue weighted by Crippen LogP contribution is 2.08. The van der Waals surface area contributed by atoms with Gasteiger partial charge < -0.3 is 5.11 Å². The van der Waals surface area contributed by atoms with Gasteiger partial charge in [-0.3, -0.25) is 0 Å². The van der Waals surface area contributed by atoms with Gasteiger partial charge in [-0.1, -0.05) is 42.9 Å². The highest BCUT2D eigenvalue weighted by molar-refractivity contribution is 5.09. The summed E-state index contributed by atoms with van der Waals surface area (Å²) in [5, 5.41) is 8.60. The summed E-state index contributed by atoms with van der Waals surface area (Å²) in [5.41, 5.74) is 1.40. The van der Waals surface area contributed by atoms with Crippen molar-refractivity contribution in [3.63, 3.8) is 0 Å². The molecule has 1 atom stereocenters. The second-order valence-electron chi connectivity index (χ2n) is 3.94. The lowest BCUT2D eigenvalue weighted by Crippen LogP contribution is -1.85. The molecular formula is C14H24O. The van der Waals surface area contributed by atoms with Crippen molar-refractivity contribution >= 4 is 0 Å². The Morgan fingerprint density at radius 1 is 1.33 bits per heavy atom. The van der Waals surface area contributed by atoms with Gasteiger partial charge in [0.25, 0.3) is 0 Å². The van der Waals surface area contributed by atoms with E-state index in [1.807, 2.05) is 0 Å². The smallest absolute Gasteiger partial charge is 0.0433 e. The van der Waals surface area contributed by atoms with E-state index in [1.165, 1.54) is 5.57 Å². The quantitative estimate of drug-likeness (QED) is 0.497. The van der Waals surface area contributed by atoms with E-state index < -0.39 is 0 Å². The number of allylic oxidation sites excluding steroid dienone is 6. The molecule has 0 aromatic carbocycles. The van der Waals surface area contributed by atoms with Gasteiger partial charge in [0.2, 0.25) is 0 Å². The Labute approximate surface area is 94.2 Å². The van der Waals surface area contributed by atoms with E-state index in [2.05, 4.69) is 51.2 Å². The highest BCUT2D eigenvalue weighted by atomic mass is 16.2. The standard InChI is InChI=1S/C14H24O/c1-4-9-13(2)12-14(3)10-7-5-6-8-11-15/h4-5,7,9,12-13,15H,6,8,10-11H2,1-3H3/b7-5+,9-4+,14-12-/t13-/m0/s1. The molecule has 0 aliphatic heterocycles. The topological polar surface area (TPSA) is 20.2 Å². The number of aliphatic hydroxyl groups excluding tert-OH is 1. The first-order valence-electron chi connectivity index (χ1n) is 5.76. The lowest BCUT2D eigenvalue weighted by Gasteiger charge is -2.01. The molecule has 15 heavy (non-hydrogen) atoms. The van der Waals surface area contributed by atoms with E-state index in [-0.39, 0.29) is 6.61 Å². The Bertz CT molecular complexity index is 223. The monoisotopic (exact) mass is 208 g/mol. The van der Waals surface area contributed by atoms with Crippen LogP contribution in [0, 0.1) is 5.92 Å². The predicted octanol–water partition coefficient (Wildman–Crippen LogP) is 3.86. The number of unbranched alkanes of at least 4 members (excludes halogenated alkanes) is 1. The van der Waals surface area contributed by atoms with E-state index in [0.29, 0.717) is 5.92 Å². The summed E-state index contributed by atoms with van der Waals surface area (Å²) >= 11 is 0. The van der Waals surface area contributed by atoms with E-state index >= 15 is 0 Å². The lowest BCUT2D eigenvalue weighted by molar-refractivity contribution is 0.289. The van der Waals surface area contributed by atoms with Gasteiger partial charge in [-0.05, 0) is 39.0 Å². The van der Waals surface area contributed by atoms with Gasteiger partial charge in [-0.2, -0.15) is 0 Å². The Kier molecular flexibility index (Phi) is 9.19. The van der Waals surface area contributed by atoms with E-state index in [9.17, 15) is 0 Å². The van der Waals surface area contributed by atoms with Crippen molar-refractivity contribution < 1.29 is 5.11 Å². The Hall–Kier alpha value is -0.820. The van der Waals surface area contributed by atoms with Gasteiger partial charge in [0.05, 0.1) is 0 Å². The minimum Gasteiger partial charge on any atom is -0.396 e. The van der Waals surface area contributed by atoms with Gasteiger partial charge in [0, 0.05) is 6.61 Å². The summed E-state index contributed by atoms with van der Waals surface area (Å²) in [6, 6.07) is 0. The van der Waals surface area contributed by atoms with Gasteiger partial charge in [-0.25, -0.2) is 0 Å². The van der Waals surface area contributed by atoms with E-state index in [1.54, 1.807) is 0 Å². The maximum absolute atomic E-state index is 8.60. The zero-order chi connectivity index (χ0) is 11.5. The molecule has 0 aliphatic rings. The van der Waals surface area contributed by atoms with Crippen LogP contribution < -0.4 is 0 Å². The van der Waals surface area contributed by atoms with Crippen molar-refractivity contribution in [2.24, 2.45) is 5.92 Å². The minimum atomic E-state index is 0.289. The van der Waals surface area contributed by atoms with Crippen molar-refractivity contribution in [1.82, 2.24) is 0 Å². The van der Waals surface area contributed by atoms with Crippen LogP contribution in [0.2, 0.25) is 0 Å². The number of hydrogen-bond acceptors (Lipinski definition) is 1. The summed E-state index contributed by atoms with van der Waals surface area (Å²) in [6.45, 7) is 6.70. The summed E-state index contributed by atoms with van der Waals surface area (Å²) in [6.07, 6.45) is 13.8. The first-order valence-corrected chi connectivity index (χ1v) is 5.76. The molecule has 0 rings (SSSR count). The maximum atomic E-state index is 8.60. The third-order valence-electron chi connectivity index (χ3n) is 2.18. The average Bonchev–Trinajstić information content (AvgIpc) is 2.17. The van der Waals surface area contributed by atoms with Gasteiger partial charge in [0.1, 0.15) is 0 Å². The molecule has 0 unspecified atom stereocenters. The molecule has 1 heteroatoms. The summed E-state index contributed by atoms with van der Waals surface area (Å²) < 4.78 is 0. The number of hydrogen-bond donors (Lipinski definition) is 1. The van der Waals surface area contributed by atoms with Crippen LogP contribution in [0.15, 0.2) is 36.0 Å². The Morgan fingerprint density at radius 2 is 2.07 bits per heavy atom. The molecular weight excluding hydrogens is 184 g/mol. The van der Waals surface area contributed by atoms with Crippen molar-refractivity contribution in [2.45, 2.75) is 40.0 Å². The van der Waals surface area contributed by atoms with E-state index in [0.717, 1.165) is 19.3 Å². The molecule has 0 aliphatic carbocycles.